The minimum atomic E-state index is 0.461. The van der Waals surface area contributed by atoms with Crippen molar-refractivity contribution in [2.45, 2.75) is 32.9 Å². The molecule has 1 N–H and O–H groups in total. The Morgan fingerprint density at radius 1 is 1.14 bits per heavy atom. The highest BCUT2D eigenvalue weighted by Gasteiger charge is 2.23. The third-order valence-corrected chi connectivity index (χ3v) is 4.37. The van der Waals surface area contributed by atoms with Gasteiger partial charge in [0.1, 0.15) is 0 Å². The van der Waals surface area contributed by atoms with Crippen molar-refractivity contribution in [1.82, 2.24) is 5.32 Å². The van der Waals surface area contributed by atoms with Gasteiger partial charge in [0.05, 0.1) is 6.04 Å². The van der Waals surface area contributed by atoms with Crippen LogP contribution in [0.15, 0.2) is 48.5 Å². The molecule has 0 bridgehead atoms. The molecule has 0 saturated carbocycles. The van der Waals surface area contributed by atoms with Crippen LogP contribution < -0.4 is 10.2 Å². The van der Waals surface area contributed by atoms with E-state index in [0.29, 0.717) is 6.04 Å². The molecule has 1 atom stereocenters. The largest absolute Gasteiger partial charge is 0.365 e. The van der Waals surface area contributed by atoms with E-state index in [1.54, 1.807) is 0 Å². The molecule has 1 heterocycles. The molecule has 1 aliphatic heterocycles. The van der Waals surface area contributed by atoms with Crippen LogP contribution in [0.2, 0.25) is 0 Å². The summed E-state index contributed by atoms with van der Waals surface area (Å²) in [7, 11) is 0. The maximum atomic E-state index is 3.55. The van der Waals surface area contributed by atoms with Crippen LogP contribution in [0, 0.1) is 6.92 Å². The Morgan fingerprint density at radius 3 is 2.81 bits per heavy atom. The van der Waals surface area contributed by atoms with Crippen LogP contribution in [-0.2, 0) is 6.54 Å². The fourth-order valence-electron chi connectivity index (χ4n) is 3.35. The van der Waals surface area contributed by atoms with Crippen LogP contribution in [0.3, 0.4) is 0 Å². The second kappa shape index (κ2) is 6.31. The Hall–Kier alpha value is -1.80. The Kier molecular flexibility index (Phi) is 4.26. The summed E-state index contributed by atoms with van der Waals surface area (Å²) >= 11 is 0. The van der Waals surface area contributed by atoms with Gasteiger partial charge in [0.15, 0.2) is 0 Å². The Labute approximate surface area is 127 Å². The van der Waals surface area contributed by atoms with Crippen LogP contribution in [0.5, 0.6) is 0 Å². The average molecular weight is 280 g/mol. The summed E-state index contributed by atoms with van der Waals surface area (Å²) < 4.78 is 0. The molecule has 2 heteroatoms. The Bertz CT molecular complexity index is 606. The van der Waals surface area contributed by atoms with Gasteiger partial charge in [-0.2, -0.15) is 0 Å². The molecule has 110 valence electrons. The van der Waals surface area contributed by atoms with Gasteiger partial charge >= 0.3 is 0 Å². The molecule has 2 aromatic rings. The van der Waals surface area contributed by atoms with Crippen LogP contribution in [0.25, 0.3) is 0 Å². The van der Waals surface area contributed by atoms with E-state index >= 15 is 0 Å². The van der Waals surface area contributed by atoms with Crippen molar-refractivity contribution in [2.75, 3.05) is 18.0 Å². The van der Waals surface area contributed by atoms with Crippen molar-refractivity contribution in [1.29, 1.82) is 0 Å². The van der Waals surface area contributed by atoms with Crippen LogP contribution in [0.1, 0.15) is 36.1 Å². The highest BCUT2D eigenvalue weighted by molar-refractivity contribution is 5.51. The topological polar surface area (TPSA) is 15.3 Å². The number of rotatable bonds is 3. The number of nitrogens with one attached hydrogen (secondary N) is 1. The quantitative estimate of drug-likeness (QED) is 0.912. The predicted molar refractivity (Wildman–Crippen MR) is 89.7 cm³/mol. The molecular weight excluding hydrogens is 256 g/mol. The lowest BCUT2D eigenvalue weighted by Crippen LogP contribution is -2.29. The first-order valence-corrected chi connectivity index (χ1v) is 7.91. The van der Waals surface area contributed by atoms with Crippen molar-refractivity contribution >= 4 is 5.69 Å². The van der Waals surface area contributed by atoms with E-state index in [2.05, 4.69) is 72.6 Å². The number of hydrogen-bond donors (Lipinski definition) is 1. The van der Waals surface area contributed by atoms with Crippen LogP contribution in [-0.4, -0.2) is 13.1 Å². The molecule has 0 spiro atoms. The van der Waals surface area contributed by atoms with Crippen molar-refractivity contribution in [3.05, 3.63) is 65.2 Å². The van der Waals surface area contributed by atoms with Gasteiger partial charge in [0.2, 0.25) is 0 Å². The number of nitrogens with zero attached hydrogens (tertiary/aromatic N) is 1. The van der Waals surface area contributed by atoms with Crippen LogP contribution >= 0.6 is 0 Å². The molecule has 0 fully saturated rings. The highest BCUT2D eigenvalue weighted by Crippen LogP contribution is 2.33. The lowest BCUT2D eigenvalue weighted by atomic mass is 9.97. The number of fused-ring (bicyclic) bond motifs is 1. The van der Waals surface area contributed by atoms with E-state index in [1.807, 2.05) is 0 Å². The van der Waals surface area contributed by atoms with E-state index in [-0.39, 0.29) is 0 Å². The zero-order chi connectivity index (χ0) is 14.7. The highest BCUT2D eigenvalue weighted by atomic mass is 15.2. The molecule has 2 nitrogen and oxygen atoms in total. The summed E-state index contributed by atoms with van der Waals surface area (Å²) in [4.78, 5) is 2.54. The molecule has 0 aliphatic carbocycles. The van der Waals surface area contributed by atoms with Gasteiger partial charge in [-0.1, -0.05) is 36.4 Å². The Morgan fingerprint density at radius 2 is 2.00 bits per heavy atom. The first-order valence-electron chi connectivity index (χ1n) is 7.91. The Balaban J connectivity index is 2.00. The standard InChI is InChI=1S/C19H24N2/c1-3-21(17-9-6-7-15(2)13-17)19-11-12-20-14-16-8-4-5-10-18(16)19/h4-10,13,19-20H,3,11-12,14H2,1-2H3. The monoisotopic (exact) mass is 280 g/mol. The zero-order valence-corrected chi connectivity index (χ0v) is 13.0. The summed E-state index contributed by atoms with van der Waals surface area (Å²) in [5, 5.41) is 3.55. The first kappa shape index (κ1) is 14.2. The molecule has 1 aliphatic rings. The van der Waals surface area contributed by atoms with E-state index in [9.17, 15) is 0 Å². The third kappa shape index (κ3) is 2.96. The van der Waals surface area contributed by atoms with Gasteiger partial charge in [-0.15, -0.1) is 0 Å². The fraction of sp³-hybridized carbons (Fsp3) is 0.368. The summed E-state index contributed by atoms with van der Waals surface area (Å²) in [5.74, 6) is 0. The minimum absolute atomic E-state index is 0.461. The van der Waals surface area contributed by atoms with Crippen molar-refractivity contribution in [3.63, 3.8) is 0 Å². The van der Waals surface area contributed by atoms with Gasteiger partial charge in [0.25, 0.3) is 0 Å². The lowest BCUT2D eigenvalue weighted by Gasteiger charge is -2.33. The fourth-order valence-corrected chi connectivity index (χ4v) is 3.35. The van der Waals surface area contributed by atoms with Gasteiger partial charge in [0, 0.05) is 18.8 Å². The normalized spacial score (nSPS) is 17.9. The summed E-state index contributed by atoms with van der Waals surface area (Å²) in [6.07, 6.45) is 1.15. The molecular formula is C19H24N2. The van der Waals surface area contributed by atoms with Crippen molar-refractivity contribution < 1.29 is 0 Å². The van der Waals surface area contributed by atoms with Crippen LogP contribution in [0.4, 0.5) is 5.69 Å². The summed E-state index contributed by atoms with van der Waals surface area (Å²) in [6.45, 7) is 7.51. The number of aryl methyl sites for hydroxylation is 1. The molecule has 1 unspecified atom stereocenters. The first-order chi connectivity index (χ1) is 10.3. The second-order valence-corrected chi connectivity index (χ2v) is 5.81. The molecule has 0 saturated heterocycles. The number of hydrogen-bond acceptors (Lipinski definition) is 2. The number of anilines is 1. The third-order valence-electron chi connectivity index (χ3n) is 4.37. The van der Waals surface area contributed by atoms with Gasteiger partial charge in [-0.05, 0) is 55.6 Å². The van der Waals surface area contributed by atoms with E-state index < -0.39 is 0 Å². The minimum Gasteiger partial charge on any atom is -0.365 e. The van der Waals surface area contributed by atoms with E-state index in [0.717, 1.165) is 26.1 Å². The molecule has 0 amide bonds. The van der Waals surface area contributed by atoms with E-state index in [4.69, 9.17) is 0 Å². The molecule has 3 rings (SSSR count). The van der Waals surface area contributed by atoms with E-state index in [1.165, 1.54) is 22.4 Å². The molecule has 0 aromatic heterocycles. The SMILES string of the molecule is CCN(c1cccc(C)c1)C1CCNCc2ccccc21. The van der Waals surface area contributed by atoms with Gasteiger partial charge in [-0.3, -0.25) is 0 Å². The van der Waals surface area contributed by atoms with Gasteiger partial charge in [-0.25, -0.2) is 0 Å². The van der Waals surface area contributed by atoms with Crippen molar-refractivity contribution in [3.8, 4) is 0 Å². The molecule has 21 heavy (non-hydrogen) atoms. The maximum absolute atomic E-state index is 3.55. The molecule has 0 radical (unpaired) electrons. The zero-order valence-electron chi connectivity index (χ0n) is 13.0. The van der Waals surface area contributed by atoms with Crippen molar-refractivity contribution in [2.24, 2.45) is 0 Å². The predicted octanol–water partition coefficient (Wildman–Crippen LogP) is 4.06. The average Bonchev–Trinajstić information content (AvgIpc) is 2.71. The molecule has 2 aromatic carbocycles. The summed E-state index contributed by atoms with van der Waals surface area (Å²) in [6, 6.07) is 18.2. The maximum Gasteiger partial charge on any atom is 0.0557 e. The second-order valence-electron chi connectivity index (χ2n) is 5.81. The summed E-state index contributed by atoms with van der Waals surface area (Å²) in [5.41, 5.74) is 5.57. The number of benzene rings is 2. The lowest BCUT2D eigenvalue weighted by molar-refractivity contribution is 0.570. The van der Waals surface area contributed by atoms with Gasteiger partial charge < -0.3 is 10.2 Å². The smallest absolute Gasteiger partial charge is 0.0557 e.